The zero-order valence-electron chi connectivity index (χ0n) is 11.3. The van der Waals surface area contributed by atoms with Crippen molar-refractivity contribution in [2.45, 2.75) is 24.7 Å². The van der Waals surface area contributed by atoms with E-state index in [4.69, 9.17) is 16.7 Å². The molecule has 0 aliphatic heterocycles. The molecule has 4 nitrogen and oxygen atoms in total. The van der Waals surface area contributed by atoms with E-state index >= 15 is 0 Å². The van der Waals surface area contributed by atoms with Crippen molar-refractivity contribution in [2.24, 2.45) is 5.92 Å². The smallest absolute Gasteiger partial charge is 0.303 e. The first-order valence-electron chi connectivity index (χ1n) is 6.38. The third kappa shape index (κ3) is 6.82. The Morgan fingerprint density at radius 1 is 1.35 bits per heavy atom. The third-order valence-corrected chi connectivity index (χ3v) is 4.08. The van der Waals surface area contributed by atoms with Crippen LogP contribution in [0.15, 0.2) is 29.2 Å². The molecule has 1 atom stereocenters. The van der Waals surface area contributed by atoms with Crippen molar-refractivity contribution < 1.29 is 14.7 Å². The van der Waals surface area contributed by atoms with Gasteiger partial charge in [0.2, 0.25) is 5.91 Å². The minimum Gasteiger partial charge on any atom is -0.481 e. The Morgan fingerprint density at radius 2 is 2.00 bits per heavy atom. The van der Waals surface area contributed by atoms with Crippen LogP contribution in [0.4, 0.5) is 0 Å². The number of rotatable bonds is 8. The molecule has 0 fully saturated rings. The first kappa shape index (κ1) is 16.9. The van der Waals surface area contributed by atoms with Crippen LogP contribution in [0.5, 0.6) is 0 Å². The average molecular weight is 316 g/mol. The van der Waals surface area contributed by atoms with Gasteiger partial charge in [0.25, 0.3) is 0 Å². The van der Waals surface area contributed by atoms with Gasteiger partial charge < -0.3 is 10.4 Å². The summed E-state index contributed by atoms with van der Waals surface area (Å²) in [5.74, 6) is -0.627. The Labute approximate surface area is 127 Å². The normalized spacial score (nSPS) is 11.9. The number of carboxylic acid groups (broad SMARTS) is 1. The van der Waals surface area contributed by atoms with E-state index in [0.29, 0.717) is 17.3 Å². The molecule has 0 radical (unpaired) electrons. The molecule has 1 amide bonds. The Bertz CT molecular complexity index is 450. The molecule has 20 heavy (non-hydrogen) atoms. The summed E-state index contributed by atoms with van der Waals surface area (Å²) in [6.07, 6.45) is 0.817. The maximum absolute atomic E-state index is 11.7. The van der Waals surface area contributed by atoms with Crippen LogP contribution in [-0.2, 0) is 9.59 Å². The molecule has 6 heteroatoms. The molecule has 0 bridgehead atoms. The van der Waals surface area contributed by atoms with Crippen molar-refractivity contribution in [3.63, 3.8) is 0 Å². The van der Waals surface area contributed by atoms with Gasteiger partial charge in [-0.25, -0.2) is 0 Å². The lowest BCUT2D eigenvalue weighted by Crippen LogP contribution is -2.31. The zero-order chi connectivity index (χ0) is 15.0. The molecule has 1 aromatic rings. The number of carbonyl (C=O) groups is 2. The van der Waals surface area contributed by atoms with Crippen LogP contribution in [-0.4, -0.2) is 29.3 Å². The van der Waals surface area contributed by atoms with Gasteiger partial charge in [-0.15, -0.1) is 11.8 Å². The van der Waals surface area contributed by atoms with Crippen LogP contribution in [0.1, 0.15) is 19.8 Å². The molecular weight excluding hydrogens is 298 g/mol. The number of amides is 1. The molecule has 1 aromatic carbocycles. The quantitative estimate of drug-likeness (QED) is 0.724. The second-order valence-electron chi connectivity index (χ2n) is 4.42. The van der Waals surface area contributed by atoms with E-state index in [1.807, 2.05) is 19.1 Å². The van der Waals surface area contributed by atoms with Crippen LogP contribution < -0.4 is 5.32 Å². The standard InChI is InChI=1S/C14H18ClNO3S/c1-2-10(7-14(18)19)8-16-13(17)9-20-12-5-3-11(15)4-6-12/h3-6,10H,2,7-9H2,1H3,(H,16,17)(H,18,19). The Morgan fingerprint density at radius 3 is 2.55 bits per heavy atom. The van der Waals surface area contributed by atoms with Crippen LogP contribution in [0, 0.1) is 5.92 Å². The minimum atomic E-state index is -0.832. The molecule has 1 unspecified atom stereocenters. The summed E-state index contributed by atoms with van der Waals surface area (Å²) in [5.41, 5.74) is 0. The van der Waals surface area contributed by atoms with E-state index in [2.05, 4.69) is 5.32 Å². The van der Waals surface area contributed by atoms with E-state index in [0.717, 1.165) is 11.3 Å². The highest BCUT2D eigenvalue weighted by Gasteiger charge is 2.12. The Balaban J connectivity index is 2.29. The molecule has 0 spiro atoms. The van der Waals surface area contributed by atoms with E-state index in [9.17, 15) is 9.59 Å². The Hall–Kier alpha value is -1.20. The fourth-order valence-electron chi connectivity index (χ4n) is 1.60. The molecule has 1 rings (SSSR count). The van der Waals surface area contributed by atoms with Gasteiger partial charge in [0.1, 0.15) is 0 Å². The summed E-state index contributed by atoms with van der Waals surface area (Å²) < 4.78 is 0. The van der Waals surface area contributed by atoms with Crippen molar-refractivity contribution in [1.82, 2.24) is 5.32 Å². The summed E-state index contributed by atoms with van der Waals surface area (Å²) >= 11 is 7.20. The van der Waals surface area contributed by atoms with Crippen molar-refractivity contribution >= 4 is 35.2 Å². The number of benzene rings is 1. The maximum atomic E-state index is 11.7. The fourth-order valence-corrected chi connectivity index (χ4v) is 2.45. The van der Waals surface area contributed by atoms with Gasteiger partial charge in [-0.1, -0.05) is 24.9 Å². The predicted octanol–water partition coefficient (Wildman–Crippen LogP) is 3.05. The lowest BCUT2D eigenvalue weighted by atomic mass is 10.0. The van der Waals surface area contributed by atoms with Gasteiger partial charge in [-0.2, -0.15) is 0 Å². The number of nitrogens with one attached hydrogen (secondary N) is 1. The molecular formula is C14H18ClNO3S. The van der Waals surface area contributed by atoms with Crippen molar-refractivity contribution in [2.75, 3.05) is 12.3 Å². The van der Waals surface area contributed by atoms with Crippen molar-refractivity contribution in [1.29, 1.82) is 0 Å². The average Bonchev–Trinajstić information content (AvgIpc) is 2.42. The van der Waals surface area contributed by atoms with Crippen molar-refractivity contribution in [3.8, 4) is 0 Å². The predicted molar refractivity (Wildman–Crippen MR) is 81.2 cm³/mol. The SMILES string of the molecule is CCC(CNC(=O)CSc1ccc(Cl)cc1)CC(=O)O. The van der Waals surface area contributed by atoms with E-state index in [1.165, 1.54) is 11.8 Å². The number of carboxylic acids is 1. The highest BCUT2D eigenvalue weighted by Crippen LogP contribution is 2.20. The van der Waals surface area contributed by atoms with Crippen LogP contribution in [0.25, 0.3) is 0 Å². The number of carbonyl (C=O) groups excluding carboxylic acids is 1. The second-order valence-corrected chi connectivity index (χ2v) is 5.90. The molecule has 0 heterocycles. The fraction of sp³-hybridized carbons (Fsp3) is 0.429. The van der Waals surface area contributed by atoms with Crippen LogP contribution in [0.3, 0.4) is 0 Å². The zero-order valence-corrected chi connectivity index (χ0v) is 12.8. The highest BCUT2D eigenvalue weighted by molar-refractivity contribution is 8.00. The van der Waals surface area contributed by atoms with E-state index in [1.54, 1.807) is 12.1 Å². The largest absolute Gasteiger partial charge is 0.481 e. The molecule has 0 saturated heterocycles. The summed E-state index contributed by atoms with van der Waals surface area (Å²) in [5, 5.41) is 12.2. The van der Waals surface area contributed by atoms with Gasteiger partial charge >= 0.3 is 5.97 Å². The van der Waals surface area contributed by atoms with Gasteiger partial charge in [0, 0.05) is 22.9 Å². The lowest BCUT2D eigenvalue weighted by molar-refractivity contribution is -0.138. The van der Waals surface area contributed by atoms with E-state index < -0.39 is 5.97 Å². The topological polar surface area (TPSA) is 66.4 Å². The lowest BCUT2D eigenvalue weighted by Gasteiger charge is -2.13. The van der Waals surface area contributed by atoms with Crippen LogP contribution >= 0.6 is 23.4 Å². The second kappa shape index (κ2) is 8.87. The summed E-state index contributed by atoms with van der Waals surface area (Å²) in [6, 6.07) is 7.28. The number of hydrogen-bond donors (Lipinski definition) is 2. The molecule has 110 valence electrons. The highest BCUT2D eigenvalue weighted by atomic mass is 35.5. The minimum absolute atomic E-state index is 0.0167. The van der Waals surface area contributed by atoms with E-state index in [-0.39, 0.29) is 18.2 Å². The van der Waals surface area contributed by atoms with Crippen molar-refractivity contribution in [3.05, 3.63) is 29.3 Å². The first-order chi connectivity index (χ1) is 9.51. The number of hydrogen-bond acceptors (Lipinski definition) is 3. The van der Waals surface area contributed by atoms with Gasteiger partial charge in [-0.05, 0) is 30.2 Å². The summed E-state index contributed by atoms with van der Waals surface area (Å²) in [7, 11) is 0. The van der Waals surface area contributed by atoms with Crippen LogP contribution in [0.2, 0.25) is 5.02 Å². The first-order valence-corrected chi connectivity index (χ1v) is 7.74. The monoisotopic (exact) mass is 315 g/mol. The maximum Gasteiger partial charge on any atom is 0.303 e. The molecule has 0 aliphatic carbocycles. The molecule has 2 N–H and O–H groups in total. The molecule has 0 saturated carbocycles. The summed E-state index contributed by atoms with van der Waals surface area (Å²) in [6.45, 7) is 2.32. The van der Waals surface area contributed by atoms with Gasteiger partial charge in [0.15, 0.2) is 0 Å². The Kier molecular flexibility index (Phi) is 7.47. The molecule has 0 aliphatic rings. The third-order valence-electron chi connectivity index (χ3n) is 2.81. The molecule has 0 aromatic heterocycles. The number of thioether (sulfide) groups is 1. The van der Waals surface area contributed by atoms with Gasteiger partial charge in [0.05, 0.1) is 5.75 Å². The summed E-state index contributed by atoms with van der Waals surface area (Å²) in [4.78, 5) is 23.3. The number of aliphatic carboxylic acids is 1. The number of halogens is 1. The van der Waals surface area contributed by atoms with Gasteiger partial charge in [-0.3, -0.25) is 9.59 Å².